The van der Waals surface area contributed by atoms with Crippen LogP contribution in [0.2, 0.25) is 5.02 Å². The number of aryl methyl sites for hydroxylation is 1. The minimum absolute atomic E-state index is 0.754. The van der Waals surface area contributed by atoms with Crippen LogP contribution >= 0.6 is 27.5 Å². The van der Waals surface area contributed by atoms with Crippen LogP contribution in [0.3, 0.4) is 0 Å². The molecule has 17 heavy (non-hydrogen) atoms. The molecule has 1 aromatic heterocycles. The zero-order chi connectivity index (χ0) is 12.4. The predicted octanol–water partition coefficient (Wildman–Crippen LogP) is 4.86. The van der Waals surface area contributed by atoms with Crippen molar-refractivity contribution in [1.82, 2.24) is 4.98 Å². The zero-order valence-corrected chi connectivity index (χ0v) is 11.9. The molecular weight excluding hydrogens is 300 g/mol. The molecule has 0 aliphatic rings. The van der Waals surface area contributed by atoms with Gasteiger partial charge in [0.15, 0.2) is 0 Å². The van der Waals surface area contributed by atoms with E-state index in [1.54, 1.807) is 6.20 Å². The lowest BCUT2D eigenvalue weighted by Crippen LogP contribution is -1.96. The van der Waals surface area contributed by atoms with Gasteiger partial charge in [0.1, 0.15) is 5.82 Å². The quantitative estimate of drug-likeness (QED) is 0.857. The Kier molecular flexibility index (Phi) is 3.69. The number of hydrogen-bond donors (Lipinski definition) is 1. The molecule has 4 heteroatoms. The molecule has 0 fully saturated rings. The first-order valence-corrected chi connectivity index (χ1v) is 6.39. The van der Waals surface area contributed by atoms with Crippen LogP contribution < -0.4 is 5.32 Å². The van der Waals surface area contributed by atoms with E-state index in [-0.39, 0.29) is 0 Å². The van der Waals surface area contributed by atoms with E-state index >= 15 is 0 Å². The summed E-state index contributed by atoms with van der Waals surface area (Å²) >= 11 is 9.50. The summed E-state index contributed by atoms with van der Waals surface area (Å²) in [6.07, 6.45) is 1.79. The fraction of sp³-hybridized carbons (Fsp3) is 0.154. The summed E-state index contributed by atoms with van der Waals surface area (Å²) in [6, 6.07) is 7.77. The van der Waals surface area contributed by atoms with Gasteiger partial charge in [-0.25, -0.2) is 4.98 Å². The number of benzene rings is 1. The summed E-state index contributed by atoms with van der Waals surface area (Å²) in [6.45, 7) is 4.01. The van der Waals surface area contributed by atoms with Gasteiger partial charge < -0.3 is 5.32 Å². The van der Waals surface area contributed by atoms with E-state index in [1.807, 2.05) is 38.1 Å². The fourth-order valence-electron chi connectivity index (χ4n) is 1.49. The van der Waals surface area contributed by atoms with Gasteiger partial charge in [0.2, 0.25) is 0 Å². The summed E-state index contributed by atoms with van der Waals surface area (Å²) in [7, 11) is 0. The van der Waals surface area contributed by atoms with Crippen molar-refractivity contribution in [3.8, 4) is 0 Å². The summed E-state index contributed by atoms with van der Waals surface area (Å²) in [5.41, 5.74) is 3.14. The smallest absolute Gasteiger partial charge is 0.130 e. The van der Waals surface area contributed by atoms with Crippen LogP contribution in [0.1, 0.15) is 11.1 Å². The lowest BCUT2D eigenvalue weighted by atomic mass is 10.2. The molecule has 2 nitrogen and oxygen atoms in total. The Morgan fingerprint density at radius 2 is 2.06 bits per heavy atom. The van der Waals surface area contributed by atoms with E-state index in [1.165, 1.54) is 0 Å². The number of anilines is 2. The zero-order valence-electron chi connectivity index (χ0n) is 9.59. The highest BCUT2D eigenvalue weighted by Crippen LogP contribution is 2.26. The van der Waals surface area contributed by atoms with E-state index in [2.05, 4.69) is 26.2 Å². The van der Waals surface area contributed by atoms with Gasteiger partial charge in [-0.3, -0.25) is 0 Å². The predicted molar refractivity (Wildman–Crippen MR) is 76.1 cm³/mol. The molecule has 0 unspecified atom stereocenters. The van der Waals surface area contributed by atoms with Crippen molar-refractivity contribution in [1.29, 1.82) is 0 Å². The third-order valence-corrected chi connectivity index (χ3v) is 3.82. The Morgan fingerprint density at radius 1 is 1.29 bits per heavy atom. The number of aromatic nitrogens is 1. The van der Waals surface area contributed by atoms with Crippen molar-refractivity contribution in [2.45, 2.75) is 13.8 Å². The molecule has 0 aliphatic heterocycles. The minimum Gasteiger partial charge on any atom is -0.340 e. The van der Waals surface area contributed by atoms with Crippen LogP contribution in [0.25, 0.3) is 0 Å². The van der Waals surface area contributed by atoms with E-state index in [0.29, 0.717) is 0 Å². The molecule has 1 aromatic carbocycles. The van der Waals surface area contributed by atoms with Gasteiger partial charge in [-0.1, -0.05) is 17.7 Å². The number of nitrogens with one attached hydrogen (secondary N) is 1. The molecule has 1 N–H and O–H groups in total. The van der Waals surface area contributed by atoms with Crippen molar-refractivity contribution in [2.75, 3.05) is 5.32 Å². The lowest BCUT2D eigenvalue weighted by molar-refractivity contribution is 1.24. The number of hydrogen-bond acceptors (Lipinski definition) is 2. The van der Waals surface area contributed by atoms with Crippen LogP contribution in [0.15, 0.2) is 34.9 Å². The van der Waals surface area contributed by atoms with Gasteiger partial charge in [0.05, 0.1) is 0 Å². The molecule has 0 saturated carbocycles. The van der Waals surface area contributed by atoms with Gasteiger partial charge in [0.25, 0.3) is 0 Å². The summed E-state index contributed by atoms with van der Waals surface area (Å²) < 4.78 is 1.01. The molecular formula is C13H12BrClN2. The Morgan fingerprint density at radius 3 is 2.76 bits per heavy atom. The second kappa shape index (κ2) is 5.07. The van der Waals surface area contributed by atoms with Crippen molar-refractivity contribution >= 4 is 39.0 Å². The standard InChI is InChI=1S/C13H12BrClN2/c1-8-6-13(16-7-10(8)14)17-12-5-3-4-11(15)9(12)2/h3-7H,1-2H3,(H,16,17). The van der Waals surface area contributed by atoms with Crippen LogP contribution in [0.4, 0.5) is 11.5 Å². The molecule has 0 amide bonds. The second-order valence-electron chi connectivity index (χ2n) is 3.86. The molecule has 1 heterocycles. The SMILES string of the molecule is Cc1cc(Nc2cccc(Cl)c2C)ncc1Br. The van der Waals surface area contributed by atoms with Crippen molar-refractivity contribution in [3.05, 3.63) is 51.1 Å². The van der Waals surface area contributed by atoms with E-state index in [4.69, 9.17) is 11.6 Å². The molecule has 88 valence electrons. The number of nitrogens with zero attached hydrogens (tertiary/aromatic N) is 1. The first-order valence-electron chi connectivity index (χ1n) is 5.22. The fourth-order valence-corrected chi connectivity index (χ4v) is 1.88. The Bertz CT molecular complexity index is 555. The summed E-state index contributed by atoms with van der Waals surface area (Å²) in [5.74, 6) is 0.816. The second-order valence-corrected chi connectivity index (χ2v) is 5.12. The van der Waals surface area contributed by atoms with Crippen molar-refractivity contribution in [2.24, 2.45) is 0 Å². The normalized spacial score (nSPS) is 10.4. The molecule has 2 aromatic rings. The Hall–Kier alpha value is -1.06. The Labute approximate surface area is 114 Å². The Balaban J connectivity index is 2.31. The van der Waals surface area contributed by atoms with E-state index < -0.39 is 0 Å². The molecule has 0 aliphatic carbocycles. The molecule has 0 radical (unpaired) electrons. The van der Waals surface area contributed by atoms with Gasteiger partial charge in [-0.2, -0.15) is 0 Å². The average Bonchev–Trinajstić information content (AvgIpc) is 2.30. The minimum atomic E-state index is 0.754. The van der Waals surface area contributed by atoms with E-state index in [0.717, 1.165) is 32.1 Å². The molecule has 2 rings (SSSR count). The first-order chi connectivity index (χ1) is 8.08. The van der Waals surface area contributed by atoms with E-state index in [9.17, 15) is 0 Å². The summed E-state index contributed by atoms with van der Waals surface area (Å²) in [4.78, 5) is 4.30. The lowest BCUT2D eigenvalue weighted by Gasteiger charge is -2.10. The van der Waals surface area contributed by atoms with Crippen LogP contribution in [-0.4, -0.2) is 4.98 Å². The molecule has 0 spiro atoms. The highest BCUT2D eigenvalue weighted by molar-refractivity contribution is 9.10. The van der Waals surface area contributed by atoms with Crippen LogP contribution in [-0.2, 0) is 0 Å². The maximum Gasteiger partial charge on any atom is 0.130 e. The topological polar surface area (TPSA) is 24.9 Å². The van der Waals surface area contributed by atoms with Gasteiger partial charge in [-0.05, 0) is 59.1 Å². The van der Waals surface area contributed by atoms with Gasteiger partial charge in [-0.15, -0.1) is 0 Å². The molecule has 0 bridgehead atoms. The van der Waals surface area contributed by atoms with Gasteiger partial charge >= 0.3 is 0 Å². The number of rotatable bonds is 2. The van der Waals surface area contributed by atoms with Crippen molar-refractivity contribution in [3.63, 3.8) is 0 Å². The number of pyridine rings is 1. The summed E-state index contributed by atoms with van der Waals surface area (Å²) in [5, 5.41) is 4.02. The van der Waals surface area contributed by atoms with Crippen LogP contribution in [0.5, 0.6) is 0 Å². The highest BCUT2D eigenvalue weighted by atomic mass is 79.9. The number of halogens is 2. The maximum absolute atomic E-state index is 6.07. The van der Waals surface area contributed by atoms with Gasteiger partial charge in [0, 0.05) is 21.4 Å². The average molecular weight is 312 g/mol. The first kappa shape index (κ1) is 12.4. The van der Waals surface area contributed by atoms with Crippen LogP contribution in [0, 0.1) is 13.8 Å². The molecule has 0 saturated heterocycles. The molecule has 0 atom stereocenters. The highest BCUT2D eigenvalue weighted by Gasteiger charge is 2.04. The third kappa shape index (κ3) is 2.79. The van der Waals surface area contributed by atoms with Crippen molar-refractivity contribution < 1.29 is 0 Å². The maximum atomic E-state index is 6.07. The third-order valence-electron chi connectivity index (χ3n) is 2.58. The largest absolute Gasteiger partial charge is 0.340 e. The monoisotopic (exact) mass is 310 g/mol.